The molecule has 1 saturated heterocycles. The molecular weight excluding hydrogens is 484 g/mol. The van der Waals surface area contributed by atoms with Crippen molar-refractivity contribution in [1.29, 1.82) is 0 Å². The molecule has 5 rings (SSSR count). The minimum absolute atomic E-state index is 0.00206. The van der Waals surface area contributed by atoms with Crippen LogP contribution in [0, 0.1) is 11.8 Å². The topological polar surface area (TPSA) is 53.0 Å². The normalized spacial score (nSPS) is 25.4. The van der Waals surface area contributed by atoms with E-state index in [4.69, 9.17) is 4.74 Å². The Morgan fingerprint density at radius 1 is 1.15 bits per heavy atom. The first-order valence-corrected chi connectivity index (χ1v) is 14.3. The molecule has 1 amide bonds. The number of piperidine rings is 1. The molecule has 0 bridgehead atoms. The third kappa shape index (κ3) is 5.48. The van der Waals surface area contributed by atoms with Crippen molar-refractivity contribution in [2.24, 2.45) is 11.8 Å². The second kappa shape index (κ2) is 11.5. The molecule has 2 fully saturated rings. The molecule has 0 spiro atoms. The van der Waals surface area contributed by atoms with Crippen LogP contribution in [0.15, 0.2) is 79.4 Å². The Hall–Kier alpha value is -3.15. The first-order chi connectivity index (χ1) is 18.8. The fourth-order valence-corrected chi connectivity index (χ4v) is 7.17. The van der Waals surface area contributed by atoms with Gasteiger partial charge in [0.05, 0.1) is 6.10 Å². The van der Waals surface area contributed by atoms with E-state index in [-0.39, 0.29) is 35.1 Å². The van der Waals surface area contributed by atoms with Gasteiger partial charge in [-0.05, 0) is 72.3 Å². The highest BCUT2D eigenvalue weighted by molar-refractivity contribution is 5.98. The van der Waals surface area contributed by atoms with Gasteiger partial charge in [-0.3, -0.25) is 9.69 Å². The Morgan fingerprint density at radius 2 is 1.95 bits per heavy atom. The number of fused-ring (bicyclic) bond motifs is 2. The number of hydrogen-bond acceptors (Lipinski definition) is 4. The number of ether oxygens (including phenoxy) is 1. The number of aromatic hydroxyl groups is 1. The van der Waals surface area contributed by atoms with Gasteiger partial charge in [-0.25, -0.2) is 0 Å². The van der Waals surface area contributed by atoms with Crippen molar-refractivity contribution in [3.8, 4) is 5.75 Å². The Balaban J connectivity index is 1.55. The molecule has 206 valence electrons. The maximum atomic E-state index is 14.2. The number of rotatable bonds is 8. The third-order valence-corrected chi connectivity index (χ3v) is 8.96. The van der Waals surface area contributed by atoms with Crippen molar-refractivity contribution in [3.63, 3.8) is 0 Å². The summed E-state index contributed by atoms with van der Waals surface area (Å²) in [6.45, 7) is 11.7. The van der Waals surface area contributed by atoms with E-state index in [0.717, 1.165) is 60.8 Å². The molecule has 1 N–H and O–H groups in total. The average molecular weight is 527 g/mol. The monoisotopic (exact) mass is 526 g/mol. The molecule has 3 aromatic carbocycles. The highest BCUT2D eigenvalue weighted by Gasteiger charge is 2.53. The number of carbonyl (C=O) groups is 1. The average Bonchev–Trinajstić information content (AvgIpc) is 2.95. The zero-order valence-corrected chi connectivity index (χ0v) is 23.6. The minimum Gasteiger partial charge on any atom is -0.508 e. The van der Waals surface area contributed by atoms with E-state index in [1.54, 1.807) is 6.07 Å². The summed E-state index contributed by atoms with van der Waals surface area (Å²) >= 11 is 0. The summed E-state index contributed by atoms with van der Waals surface area (Å²) in [6, 6.07) is 22.1. The molecule has 1 heterocycles. The van der Waals surface area contributed by atoms with E-state index in [2.05, 4.69) is 54.5 Å². The smallest absolute Gasteiger partial charge is 0.254 e. The van der Waals surface area contributed by atoms with E-state index in [1.807, 2.05) is 49.6 Å². The first-order valence-electron chi connectivity index (χ1n) is 14.3. The van der Waals surface area contributed by atoms with Crippen LogP contribution in [0.2, 0.25) is 0 Å². The standard InChI is InChI=1S/C34H42N2O3/c1-5-16-35-17-15-34(28-11-8-12-30(37)19-28)21-29(20-32(39-4)31(34)23-35)36(22-24(2)3)33(38)27-14-13-25-9-6-7-10-26(25)18-27/h5-14,18-19,24,29,31-32,37H,1,15-17,20-23H2,2-4H3. The molecule has 5 heteroatoms. The molecule has 0 radical (unpaired) electrons. The lowest BCUT2D eigenvalue weighted by molar-refractivity contribution is -0.0804. The summed E-state index contributed by atoms with van der Waals surface area (Å²) < 4.78 is 6.24. The van der Waals surface area contributed by atoms with Crippen molar-refractivity contribution < 1.29 is 14.6 Å². The highest BCUT2D eigenvalue weighted by Crippen LogP contribution is 2.51. The molecule has 39 heavy (non-hydrogen) atoms. The van der Waals surface area contributed by atoms with Gasteiger partial charge in [0.1, 0.15) is 5.75 Å². The van der Waals surface area contributed by atoms with Crippen molar-refractivity contribution in [1.82, 2.24) is 9.80 Å². The number of methoxy groups -OCH3 is 1. The predicted octanol–water partition coefficient (Wildman–Crippen LogP) is 6.27. The summed E-state index contributed by atoms with van der Waals surface area (Å²) in [5.74, 6) is 0.963. The number of benzene rings is 3. The number of carbonyl (C=O) groups excluding carboxylic acids is 1. The van der Waals surface area contributed by atoms with Crippen molar-refractivity contribution in [2.45, 2.75) is 50.7 Å². The van der Waals surface area contributed by atoms with Crippen LogP contribution in [0.25, 0.3) is 10.8 Å². The van der Waals surface area contributed by atoms with Crippen molar-refractivity contribution in [3.05, 3.63) is 90.5 Å². The molecule has 2 aliphatic rings. The van der Waals surface area contributed by atoms with Crippen LogP contribution in [0.5, 0.6) is 5.75 Å². The van der Waals surface area contributed by atoms with Gasteiger partial charge in [0.25, 0.3) is 5.91 Å². The molecule has 1 aliphatic heterocycles. The molecule has 5 nitrogen and oxygen atoms in total. The third-order valence-electron chi connectivity index (χ3n) is 8.96. The lowest BCUT2D eigenvalue weighted by Crippen LogP contribution is -2.62. The molecule has 4 atom stereocenters. The Labute approximate surface area is 233 Å². The van der Waals surface area contributed by atoms with Crippen LogP contribution in [-0.4, -0.2) is 66.2 Å². The minimum atomic E-state index is -0.196. The molecule has 1 aliphatic carbocycles. The molecule has 0 aromatic heterocycles. The van der Waals surface area contributed by atoms with E-state index in [1.165, 1.54) is 0 Å². The van der Waals surface area contributed by atoms with Crippen LogP contribution in [0.3, 0.4) is 0 Å². The predicted molar refractivity (Wildman–Crippen MR) is 158 cm³/mol. The summed E-state index contributed by atoms with van der Waals surface area (Å²) in [4.78, 5) is 18.8. The Kier molecular flexibility index (Phi) is 8.11. The maximum absolute atomic E-state index is 14.2. The van der Waals surface area contributed by atoms with Gasteiger partial charge >= 0.3 is 0 Å². The van der Waals surface area contributed by atoms with Crippen LogP contribution < -0.4 is 0 Å². The molecule has 4 unspecified atom stereocenters. The van der Waals surface area contributed by atoms with Gasteiger partial charge in [0.2, 0.25) is 0 Å². The molecule has 3 aromatic rings. The van der Waals surface area contributed by atoms with Crippen molar-refractivity contribution >= 4 is 16.7 Å². The second-order valence-corrected chi connectivity index (χ2v) is 11.9. The zero-order valence-electron chi connectivity index (χ0n) is 23.6. The Morgan fingerprint density at radius 3 is 2.67 bits per heavy atom. The lowest BCUT2D eigenvalue weighted by atomic mass is 9.56. The van der Waals surface area contributed by atoms with E-state index >= 15 is 0 Å². The van der Waals surface area contributed by atoms with Gasteiger partial charge in [0, 0.05) is 49.7 Å². The number of nitrogens with zero attached hydrogens (tertiary/aromatic N) is 2. The molecule has 1 saturated carbocycles. The van der Waals surface area contributed by atoms with E-state index in [9.17, 15) is 9.90 Å². The molecular formula is C34H42N2O3. The van der Waals surface area contributed by atoms with Crippen LogP contribution in [-0.2, 0) is 10.2 Å². The van der Waals surface area contributed by atoms with Gasteiger partial charge in [-0.15, -0.1) is 6.58 Å². The first kappa shape index (κ1) is 27.4. The van der Waals surface area contributed by atoms with Crippen LogP contribution >= 0.6 is 0 Å². The van der Waals surface area contributed by atoms with Gasteiger partial charge in [-0.1, -0.05) is 62.4 Å². The van der Waals surface area contributed by atoms with Crippen molar-refractivity contribution in [2.75, 3.05) is 33.3 Å². The van der Waals surface area contributed by atoms with Crippen LogP contribution in [0.1, 0.15) is 49.0 Å². The fraction of sp³-hybridized carbons (Fsp3) is 0.441. The number of phenols is 1. The summed E-state index contributed by atoms with van der Waals surface area (Å²) in [5.41, 5.74) is 1.69. The fourth-order valence-electron chi connectivity index (χ4n) is 7.17. The Bertz CT molecular complexity index is 1320. The zero-order chi connectivity index (χ0) is 27.6. The van der Waals surface area contributed by atoms with Gasteiger partial charge in [0.15, 0.2) is 0 Å². The van der Waals surface area contributed by atoms with Gasteiger partial charge in [-0.2, -0.15) is 0 Å². The number of likely N-dealkylation sites (tertiary alicyclic amines) is 1. The summed E-state index contributed by atoms with van der Waals surface area (Å²) in [6.07, 6.45) is 4.58. The maximum Gasteiger partial charge on any atom is 0.254 e. The number of hydrogen-bond donors (Lipinski definition) is 1. The van der Waals surface area contributed by atoms with Crippen LogP contribution in [0.4, 0.5) is 0 Å². The lowest BCUT2D eigenvalue weighted by Gasteiger charge is -2.57. The van der Waals surface area contributed by atoms with E-state index < -0.39 is 0 Å². The summed E-state index contributed by atoms with van der Waals surface area (Å²) in [7, 11) is 1.81. The summed E-state index contributed by atoms with van der Waals surface area (Å²) in [5, 5.41) is 12.7. The number of phenolic OH excluding ortho intramolecular Hbond substituents is 1. The van der Waals surface area contributed by atoms with Gasteiger partial charge < -0.3 is 14.7 Å². The van der Waals surface area contributed by atoms with E-state index in [0.29, 0.717) is 12.5 Å². The number of amides is 1. The highest BCUT2D eigenvalue weighted by atomic mass is 16.5. The SMILES string of the molecule is C=CCN1CCC2(c3cccc(O)c3)CC(N(CC(C)C)C(=O)c3ccc4ccccc4c3)CC(OC)C2C1. The second-order valence-electron chi connectivity index (χ2n) is 11.9. The quantitative estimate of drug-likeness (QED) is 0.352. The largest absolute Gasteiger partial charge is 0.508 e.